The molecule has 1 saturated heterocycles. The molecule has 1 aromatic heterocycles. The Morgan fingerprint density at radius 1 is 1.39 bits per heavy atom. The average Bonchev–Trinajstić information content (AvgIpc) is 2.85. The van der Waals surface area contributed by atoms with Crippen molar-refractivity contribution < 1.29 is 17.7 Å². The number of hydrogen-bond donors (Lipinski definition) is 1. The number of nitrogens with two attached hydrogens (primary N) is 1. The first kappa shape index (κ1) is 11.9. The van der Waals surface area contributed by atoms with E-state index in [1.807, 2.05) is 0 Å². The summed E-state index contributed by atoms with van der Waals surface area (Å²) in [6.07, 6.45) is -1.79. The van der Waals surface area contributed by atoms with Gasteiger partial charge in [0.1, 0.15) is 0 Å². The maximum Gasteiger partial charge on any atom is 0.471 e. The summed E-state index contributed by atoms with van der Waals surface area (Å²) in [5, 5.41) is 3.39. The Morgan fingerprint density at radius 3 is 2.67 bits per heavy atom. The van der Waals surface area contributed by atoms with Crippen molar-refractivity contribution in [1.29, 1.82) is 0 Å². The number of aromatic nitrogens is 2. The Labute approximate surface area is 101 Å². The molecule has 1 saturated carbocycles. The van der Waals surface area contributed by atoms with Gasteiger partial charge in [-0.1, -0.05) is 5.16 Å². The predicted molar refractivity (Wildman–Crippen MR) is 54.4 cm³/mol. The van der Waals surface area contributed by atoms with Crippen LogP contribution in [-0.4, -0.2) is 34.2 Å². The Kier molecular flexibility index (Phi) is 2.43. The minimum absolute atomic E-state index is 0.0435. The second kappa shape index (κ2) is 3.67. The molecule has 18 heavy (non-hydrogen) atoms. The van der Waals surface area contributed by atoms with Crippen molar-refractivity contribution in [3.8, 4) is 0 Å². The summed E-state index contributed by atoms with van der Waals surface area (Å²) in [6.45, 7) is 1.27. The number of rotatable bonds is 2. The fourth-order valence-corrected chi connectivity index (χ4v) is 2.34. The minimum Gasteiger partial charge on any atom is -0.329 e. The lowest BCUT2D eigenvalue weighted by molar-refractivity contribution is -0.159. The van der Waals surface area contributed by atoms with Crippen molar-refractivity contribution in [3.63, 3.8) is 0 Å². The lowest BCUT2D eigenvalue weighted by atomic mass is 9.99. The number of hydrogen-bond acceptors (Lipinski definition) is 5. The van der Waals surface area contributed by atoms with Gasteiger partial charge < -0.3 is 10.3 Å². The van der Waals surface area contributed by atoms with E-state index in [1.165, 1.54) is 0 Å². The van der Waals surface area contributed by atoms with Crippen LogP contribution in [0, 0.1) is 0 Å². The van der Waals surface area contributed by atoms with E-state index in [9.17, 15) is 13.2 Å². The Bertz CT molecular complexity index is 456. The summed E-state index contributed by atoms with van der Waals surface area (Å²) in [6, 6.07) is 0.532. The van der Waals surface area contributed by atoms with Crippen LogP contribution in [0.1, 0.15) is 31.0 Å². The highest BCUT2D eigenvalue weighted by Crippen LogP contribution is 2.37. The molecule has 1 aromatic rings. The molecule has 2 fully saturated rings. The van der Waals surface area contributed by atoms with Crippen molar-refractivity contribution >= 4 is 0 Å². The number of alkyl halides is 3. The summed E-state index contributed by atoms with van der Waals surface area (Å²) in [4.78, 5) is 5.58. The zero-order chi connectivity index (χ0) is 13.0. The number of likely N-dealkylation sites (tertiary alicyclic amines) is 1. The topological polar surface area (TPSA) is 68.2 Å². The molecule has 1 unspecified atom stereocenters. The second-order valence-electron chi connectivity index (χ2n) is 5.03. The fraction of sp³-hybridized carbons (Fsp3) is 0.800. The summed E-state index contributed by atoms with van der Waals surface area (Å²) in [5.74, 6) is -1.37. The first-order valence-corrected chi connectivity index (χ1v) is 5.83. The Hall–Kier alpha value is -1.15. The maximum atomic E-state index is 12.4. The molecule has 2 aliphatic rings. The van der Waals surface area contributed by atoms with Crippen LogP contribution >= 0.6 is 0 Å². The van der Waals surface area contributed by atoms with Gasteiger partial charge in [0.15, 0.2) is 5.82 Å². The zero-order valence-electron chi connectivity index (χ0n) is 9.57. The van der Waals surface area contributed by atoms with Gasteiger partial charge in [-0.2, -0.15) is 18.2 Å². The van der Waals surface area contributed by atoms with Crippen molar-refractivity contribution in [1.82, 2.24) is 15.0 Å². The summed E-state index contributed by atoms with van der Waals surface area (Å²) >= 11 is 0. The first-order chi connectivity index (χ1) is 8.38. The van der Waals surface area contributed by atoms with Gasteiger partial charge in [0, 0.05) is 19.1 Å². The van der Waals surface area contributed by atoms with Crippen LogP contribution in [-0.2, 0) is 11.7 Å². The summed E-state index contributed by atoms with van der Waals surface area (Å²) in [7, 11) is 0. The maximum absolute atomic E-state index is 12.4. The lowest BCUT2D eigenvalue weighted by Crippen LogP contribution is -2.41. The monoisotopic (exact) mass is 262 g/mol. The lowest BCUT2D eigenvalue weighted by Gasteiger charge is -2.20. The SMILES string of the molecule is NC1(c2noc(C(F)(F)F)n2)CCN(C2CC2)C1. The van der Waals surface area contributed by atoms with Crippen LogP contribution < -0.4 is 5.73 Å². The highest BCUT2D eigenvalue weighted by molar-refractivity contribution is 5.11. The molecule has 0 aromatic carbocycles. The standard InChI is InChI=1S/C10H13F3N4O/c11-10(12,13)8-15-7(16-18-8)9(14)3-4-17(5-9)6-1-2-6/h6H,1-5,14H2. The predicted octanol–water partition coefficient (Wildman–Crippen LogP) is 1.11. The van der Waals surface area contributed by atoms with Gasteiger partial charge in [0.25, 0.3) is 0 Å². The van der Waals surface area contributed by atoms with E-state index < -0.39 is 17.6 Å². The van der Waals surface area contributed by atoms with Gasteiger partial charge in [-0.05, 0) is 19.3 Å². The van der Waals surface area contributed by atoms with Gasteiger partial charge in [-0.25, -0.2) is 0 Å². The summed E-state index contributed by atoms with van der Waals surface area (Å²) in [5.41, 5.74) is 5.18. The van der Waals surface area contributed by atoms with Gasteiger partial charge in [-0.15, -0.1) is 0 Å². The molecule has 3 rings (SSSR count). The van der Waals surface area contributed by atoms with Crippen LogP contribution in [0.5, 0.6) is 0 Å². The van der Waals surface area contributed by atoms with Gasteiger partial charge >= 0.3 is 12.1 Å². The van der Waals surface area contributed by atoms with Crippen LogP contribution in [0.2, 0.25) is 0 Å². The van der Waals surface area contributed by atoms with E-state index in [1.54, 1.807) is 0 Å². The minimum atomic E-state index is -4.61. The van der Waals surface area contributed by atoms with Crippen molar-refractivity contribution in [2.75, 3.05) is 13.1 Å². The quantitative estimate of drug-likeness (QED) is 0.864. The van der Waals surface area contributed by atoms with Crippen LogP contribution in [0.25, 0.3) is 0 Å². The molecular weight excluding hydrogens is 249 g/mol. The van der Waals surface area contributed by atoms with Crippen molar-refractivity contribution in [2.45, 2.75) is 37.0 Å². The third kappa shape index (κ3) is 1.99. The highest BCUT2D eigenvalue weighted by atomic mass is 19.4. The number of nitrogens with zero attached hydrogens (tertiary/aromatic N) is 3. The third-order valence-corrected chi connectivity index (χ3v) is 3.51. The molecule has 5 nitrogen and oxygen atoms in total. The van der Waals surface area contributed by atoms with E-state index in [2.05, 4.69) is 19.6 Å². The largest absolute Gasteiger partial charge is 0.471 e. The van der Waals surface area contributed by atoms with E-state index in [4.69, 9.17) is 5.73 Å². The molecule has 1 atom stereocenters. The highest BCUT2D eigenvalue weighted by Gasteiger charge is 2.46. The smallest absolute Gasteiger partial charge is 0.329 e. The first-order valence-electron chi connectivity index (χ1n) is 5.83. The summed E-state index contributed by atoms with van der Waals surface area (Å²) < 4.78 is 41.4. The molecule has 0 spiro atoms. The molecule has 0 radical (unpaired) electrons. The Morgan fingerprint density at radius 2 is 2.11 bits per heavy atom. The molecule has 0 amide bonds. The van der Waals surface area contributed by atoms with Crippen molar-refractivity contribution in [2.24, 2.45) is 5.73 Å². The van der Waals surface area contributed by atoms with Crippen molar-refractivity contribution in [3.05, 3.63) is 11.7 Å². The average molecular weight is 262 g/mol. The second-order valence-corrected chi connectivity index (χ2v) is 5.03. The van der Waals surface area contributed by atoms with Gasteiger partial charge in [0.2, 0.25) is 0 Å². The molecular formula is C10H13F3N4O. The van der Waals surface area contributed by atoms with Crippen LogP contribution in [0.3, 0.4) is 0 Å². The molecule has 1 aliphatic carbocycles. The third-order valence-electron chi connectivity index (χ3n) is 3.51. The van der Waals surface area contributed by atoms with E-state index in [0.717, 1.165) is 19.4 Å². The fourth-order valence-electron chi connectivity index (χ4n) is 2.34. The van der Waals surface area contributed by atoms with Crippen LogP contribution in [0.4, 0.5) is 13.2 Å². The number of halogens is 3. The van der Waals surface area contributed by atoms with Crippen LogP contribution in [0.15, 0.2) is 4.52 Å². The van der Waals surface area contributed by atoms with E-state index >= 15 is 0 Å². The Balaban J connectivity index is 1.79. The van der Waals surface area contributed by atoms with E-state index in [0.29, 0.717) is 19.0 Å². The molecule has 0 bridgehead atoms. The molecule has 1 aliphatic heterocycles. The van der Waals surface area contributed by atoms with E-state index in [-0.39, 0.29) is 5.82 Å². The normalized spacial score (nSPS) is 30.0. The zero-order valence-corrected chi connectivity index (χ0v) is 9.57. The molecule has 2 heterocycles. The molecule has 100 valence electrons. The molecule has 8 heteroatoms. The van der Waals surface area contributed by atoms with Gasteiger partial charge in [-0.3, -0.25) is 4.90 Å². The van der Waals surface area contributed by atoms with Gasteiger partial charge in [0.05, 0.1) is 5.54 Å². The molecule has 2 N–H and O–H groups in total.